The average Bonchev–Trinajstić information content (AvgIpc) is 2.88. The van der Waals surface area contributed by atoms with Gasteiger partial charge in [-0.05, 0) is 37.9 Å². The van der Waals surface area contributed by atoms with E-state index in [-0.39, 0.29) is 6.61 Å². The first-order valence-corrected chi connectivity index (χ1v) is 7.84. The zero-order chi connectivity index (χ0) is 14.7. The first-order chi connectivity index (χ1) is 10.3. The lowest BCUT2D eigenvalue weighted by Crippen LogP contribution is -2.41. The number of pyridine rings is 1. The molecule has 0 aliphatic carbocycles. The van der Waals surface area contributed by atoms with Crippen molar-refractivity contribution in [2.45, 2.75) is 38.1 Å². The number of rotatable bonds is 5. The molecule has 1 unspecified atom stereocenters. The normalized spacial score (nSPS) is 20.1. The van der Waals surface area contributed by atoms with Gasteiger partial charge in [-0.2, -0.15) is 0 Å². The first kappa shape index (κ1) is 14.4. The highest BCUT2D eigenvalue weighted by atomic mass is 16.3. The van der Waals surface area contributed by atoms with Crippen LogP contribution in [0.2, 0.25) is 0 Å². The molecule has 1 atom stereocenters. The van der Waals surface area contributed by atoms with E-state index < -0.39 is 0 Å². The van der Waals surface area contributed by atoms with Crippen LogP contribution in [-0.4, -0.2) is 45.1 Å². The number of hydrogen-bond donors (Lipinski definition) is 2. The monoisotopic (exact) mass is 288 g/mol. The van der Waals surface area contributed by atoms with Crippen LogP contribution in [0.1, 0.15) is 31.4 Å². The van der Waals surface area contributed by atoms with Gasteiger partial charge in [0.05, 0.1) is 5.69 Å². The molecule has 5 nitrogen and oxygen atoms in total. The van der Waals surface area contributed by atoms with Gasteiger partial charge in [-0.3, -0.25) is 4.90 Å². The number of hydrogen-bond acceptors (Lipinski definition) is 4. The molecular weight excluding hydrogens is 264 g/mol. The van der Waals surface area contributed by atoms with Gasteiger partial charge in [0.25, 0.3) is 0 Å². The Balaban J connectivity index is 1.64. The molecule has 1 aliphatic heterocycles. The van der Waals surface area contributed by atoms with Crippen molar-refractivity contribution in [3.8, 4) is 0 Å². The molecule has 5 heteroatoms. The summed E-state index contributed by atoms with van der Waals surface area (Å²) in [6, 6.07) is 4.37. The van der Waals surface area contributed by atoms with Gasteiger partial charge in [0, 0.05) is 43.7 Å². The molecule has 3 rings (SSSR count). The molecule has 0 bridgehead atoms. The molecule has 0 amide bonds. The molecule has 21 heavy (non-hydrogen) atoms. The van der Waals surface area contributed by atoms with E-state index in [2.05, 4.69) is 16.1 Å². The third kappa shape index (κ3) is 3.36. The number of nitrogen functional groups attached to an aromatic ring is 1. The Morgan fingerprint density at radius 3 is 3.05 bits per heavy atom. The molecule has 1 aliphatic rings. The SMILES string of the molecule is Nc1ccc2nc(CCN3CCCCC3CCO)cn2c1. The Morgan fingerprint density at radius 2 is 2.19 bits per heavy atom. The van der Waals surface area contributed by atoms with E-state index >= 15 is 0 Å². The summed E-state index contributed by atoms with van der Waals surface area (Å²) < 4.78 is 1.99. The minimum Gasteiger partial charge on any atom is -0.398 e. The Bertz CT molecular complexity index is 593. The maximum Gasteiger partial charge on any atom is 0.137 e. The Kier molecular flexibility index (Phi) is 4.41. The van der Waals surface area contributed by atoms with E-state index in [0.717, 1.165) is 43.0 Å². The number of nitrogens with zero attached hydrogens (tertiary/aromatic N) is 3. The number of piperidine rings is 1. The fraction of sp³-hybridized carbons (Fsp3) is 0.562. The molecule has 0 aromatic carbocycles. The summed E-state index contributed by atoms with van der Waals surface area (Å²) in [5, 5.41) is 9.19. The number of fused-ring (bicyclic) bond motifs is 1. The molecule has 114 valence electrons. The van der Waals surface area contributed by atoms with Crippen molar-refractivity contribution in [3.63, 3.8) is 0 Å². The van der Waals surface area contributed by atoms with Gasteiger partial charge in [0.15, 0.2) is 0 Å². The van der Waals surface area contributed by atoms with Crippen LogP contribution in [0, 0.1) is 0 Å². The van der Waals surface area contributed by atoms with Crippen molar-refractivity contribution in [1.82, 2.24) is 14.3 Å². The molecule has 2 aromatic rings. The molecule has 0 saturated carbocycles. The van der Waals surface area contributed by atoms with Crippen LogP contribution in [0.25, 0.3) is 5.65 Å². The van der Waals surface area contributed by atoms with Gasteiger partial charge >= 0.3 is 0 Å². The molecule has 0 radical (unpaired) electrons. The second-order valence-electron chi connectivity index (χ2n) is 5.91. The van der Waals surface area contributed by atoms with Crippen molar-refractivity contribution in [1.29, 1.82) is 0 Å². The van der Waals surface area contributed by atoms with Gasteiger partial charge < -0.3 is 15.2 Å². The van der Waals surface area contributed by atoms with Crippen LogP contribution in [0.5, 0.6) is 0 Å². The van der Waals surface area contributed by atoms with Gasteiger partial charge in [0.2, 0.25) is 0 Å². The van der Waals surface area contributed by atoms with Gasteiger partial charge in [-0.15, -0.1) is 0 Å². The fourth-order valence-electron chi connectivity index (χ4n) is 3.27. The summed E-state index contributed by atoms with van der Waals surface area (Å²) in [5.74, 6) is 0. The second kappa shape index (κ2) is 6.45. The number of imidazole rings is 1. The average molecular weight is 288 g/mol. The Morgan fingerprint density at radius 1 is 1.29 bits per heavy atom. The largest absolute Gasteiger partial charge is 0.398 e. The number of aromatic nitrogens is 2. The van der Waals surface area contributed by atoms with Crippen LogP contribution in [0.3, 0.4) is 0 Å². The van der Waals surface area contributed by atoms with Crippen molar-refractivity contribution in [3.05, 3.63) is 30.2 Å². The van der Waals surface area contributed by atoms with Crippen LogP contribution in [-0.2, 0) is 6.42 Å². The summed E-state index contributed by atoms with van der Waals surface area (Å²) in [5.41, 5.74) is 8.60. The van der Waals surface area contributed by atoms with Crippen LogP contribution >= 0.6 is 0 Å². The van der Waals surface area contributed by atoms with Gasteiger partial charge in [-0.1, -0.05) is 6.42 Å². The van der Waals surface area contributed by atoms with E-state index in [1.165, 1.54) is 19.3 Å². The molecule has 2 aromatic heterocycles. The number of likely N-dealkylation sites (tertiary alicyclic amines) is 1. The third-order valence-corrected chi connectivity index (χ3v) is 4.39. The maximum atomic E-state index is 9.19. The molecule has 3 heterocycles. The smallest absolute Gasteiger partial charge is 0.137 e. The highest BCUT2D eigenvalue weighted by molar-refractivity contribution is 5.48. The predicted octanol–water partition coefficient (Wildman–Crippen LogP) is 1.70. The minimum absolute atomic E-state index is 0.287. The van der Waals surface area contributed by atoms with Crippen molar-refractivity contribution in [2.75, 3.05) is 25.4 Å². The highest BCUT2D eigenvalue weighted by Gasteiger charge is 2.21. The molecule has 1 fully saturated rings. The van der Waals surface area contributed by atoms with E-state index in [1.807, 2.05) is 22.7 Å². The summed E-state index contributed by atoms with van der Waals surface area (Å²) >= 11 is 0. The van der Waals surface area contributed by atoms with E-state index in [1.54, 1.807) is 0 Å². The van der Waals surface area contributed by atoms with Crippen molar-refractivity contribution >= 4 is 11.3 Å². The lowest BCUT2D eigenvalue weighted by atomic mass is 9.99. The number of anilines is 1. The van der Waals surface area contributed by atoms with Crippen molar-refractivity contribution < 1.29 is 5.11 Å². The number of aliphatic hydroxyl groups excluding tert-OH is 1. The number of aliphatic hydroxyl groups is 1. The summed E-state index contributed by atoms with van der Waals surface area (Å²) in [6.45, 7) is 2.45. The number of nitrogens with two attached hydrogens (primary N) is 1. The van der Waals surface area contributed by atoms with Crippen LogP contribution in [0.15, 0.2) is 24.5 Å². The predicted molar refractivity (Wildman–Crippen MR) is 84.2 cm³/mol. The second-order valence-corrected chi connectivity index (χ2v) is 5.91. The summed E-state index contributed by atoms with van der Waals surface area (Å²) in [6.07, 6.45) is 9.57. The van der Waals surface area contributed by atoms with Crippen molar-refractivity contribution in [2.24, 2.45) is 0 Å². The Labute approximate surface area is 125 Å². The van der Waals surface area contributed by atoms with Crippen LogP contribution < -0.4 is 5.73 Å². The lowest BCUT2D eigenvalue weighted by molar-refractivity contribution is 0.120. The van der Waals surface area contributed by atoms with E-state index in [9.17, 15) is 5.11 Å². The van der Waals surface area contributed by atoms with Crippen LogP contribution in [0.4, 0.5) is 5.69 Å². The topological polar surface area (TPSA) is 66.8 Å². The minimum atomic E-state index is 0.287. The van der Waals surface area contributed by atoms with Gasteiger partial charge in [-0.25, -0.2) is 4.98 Å². The molecule has 0 spiro atoms. The highest BCUT2D eigenvalue weighted by Crippen LogP contribution is 2.20. The summed E-state index contributed by atoms with van der Waals surface area (Å²) in [7, 11) is 0. The third-order valence-electron chi connectivity index (χ3n) is 4.39. The quantitative estimate of drug-likeness (QED) is 0.879. The lowest BCUT2D eigenvalue weighted by Gasteiger charge is -2.35. The molecule has 1 saturated heterocycles. The maximum absolute atomic E-state index is 9.19. The fourth-order valence-corrected chi connectivity index (χ4v) is 3.27. The zero-order valence-electron chi connectivity index (χ0n) is 12.4. The molecular formula is C16H24N4O. The Hall–Kier alpha value is -1.59. The zero-order valence-corrected chi connectivity index (χ0v) is 12.4. The molecule has 3 N–H and O–H groups in total. The first-order valence-electron chi connectivity index (χ1n) is 7.84. The van der Waals surface area contributed by atoms with Gasteiger partial charge in [0.1, 0.15) is 5.65 Å². The van der Waals surface area contributed by atoms with E-state index in [4.69, 9.17) is 5.73 Å². The van der Waals surface area contributed by atoms with E-state index in [0.29, 0.717) is 6.04 Å². The summed E-state index contributed by atoms with van der Waals surface area (Å²) in [4.78, 5) is 7.15. The standard InChI is InChI=1S/C16H24N4O/c17-13-4-5-16-18-14(12-20(16)11-13)6-9-19-8-2-1-3-15(19)7-10-21/h4-5,11-12,15,21H,1-3,6-10,17H2.